The van der Waals surface area contributed by atoms with E-state index in [0.29, 0.717) is 54.9 Å². The van der Waals surface area contributed by atoms with Gasteiger partial charge >= 0.3 is 0 Å². The van der Waals surface area contributed by atoms with Crippen molar-refractivity contribution in [2.24, 2.45) is 17.8 Å². The third-order valence-corrected chi connectivity index (χ3v) is 23.3. The lowest BCUT2D eigenvalue weighted by atomic mass is 10.0. The first-order chi connectivity index (χ1) is 54.4. The second-order valence-electron chi connectivity index (χ2n) is 38.1. The summed E-state index contributed by atoms with van der Waals surface area (Å²) in [7, 11) is 2.19. The summed E-state index contributed by atoms with van der Waals surface area (Å²) in [6, 6.07) is 3.08. The molecule has 2 unspecified atom stereocenters. The molecule has 8 aliphatic rings. The van der Waals surface area contributed by atoms with Gasteiger partial charge < -0.3 is 82.0 Å². The zero-order chi connectivity index (χ0) is 84.7. The number of hydrogen-bond donors (Lipinski definition) is 0. The predicted molar refractivity (Wildman–Crippen MR) is 492 cm³/mol. The summed E-state index contributed by atoms with van der Waals surface area (Å²) < 4.78 is 44.3. The van der Waals surface area contributed by atoms with Crippen LogP contribution in [0.5, 0.6) is 0 Å². The Hall–Kier alpha value is -0.720. The standard InChI is InChI=1S/C13H28N2O.6C12H25NO.C11H24N2O/c1-12(2)15-9-7-14(8-10-15)6-5-11-16-13(3)4;3*1-11(2)14-9-5-8-13-7-4-6-12(3)10-13;3*1-11(2)14-10-6-9-13-8-5-4-7-12(13)3;1-11(2)14-10-4-5-13-8-6-12(3)7-9-13/h12-13H,5-11H2,1-4H3;6*11-12H,4-10H2,1-3H3;11H,4-10H2,1-3H3/t;2*12-;;2*12-;;/m.10.10../s1. The van der Waals surface area contributed by atoms with Crippen molar-refractivity contribution < 1.29 is 37.9 Å². The first kappa shape index (κ1) is 111. The molecule has 0 radical (unpaired) electrons. The number of rotatable bonds is 41. The molecule has 8 aliphatic heterocycles. The summed E-state index contributed by atoms with van der Waals surface area (Å²) >= 11 is 0. The third-order valence-electron chi connectivity index (χ3n) is 23.3. The number of likely N-dealkylation sites (N-methyl/N-ethyl adjacent to an activating group) is 1. The van der Waals surface area contributed by atoms with Gasteiger partial charge in [-0.2, -0.15) is 0 Å². The summed E-state index contributed by atoms with van der Waals surface area (Å²) in [5.74, 6) is 2.69. The van der Waals surface area contributed by atoms with Crippen molar-refractivity contribution >= 4 is 0 Å². The first-order valence-electron chi connectivity index (χ1n) is 48.6. The van der Waals surface area contributed by atoms with Crippen LogP contribution in [0.1, 0.15) is 314 Å². The van der Waals surface area contributed by atoms with Gasteiger partial charge in [-0.15, -0.1) is 0 Å². The molecule has 18 nitrogen and oxygen atoms in total. The smallest absolute Gasteiger partial charge is 0.0518 e. The molecule has 18 heteroatoms. The Bertz CT molecular complexity index is 1870. The van der Waals surface area contributed by atoms with Crippen LogP contribution < -0.4 is 0 Å². The fourth-order valence-electron chi connectivity index (χ4n) is 16.3. The number of piperidine rings is 6. The quantitative estimate of drug-likeness (QED) is 0.0542. The Morgan fingerprint density at radius 2 is 0.447 bits per heavy atom. The highest BCUT2D eigenvalue weighted by Crippen LogP contribution is 2.22. The molecule has 0 aromatic rings. The van der Waals surface area contributed by atoms with Crippen LogP contribution in [0.2, 0.25) is 0 Å². The summed E-state index contributed by atoms with van der Waals surface area (Å²) in [5.41, 5.74) is 0. The van der Waals surface area contributed by atoms with E-state index >= 15 is 0 Å². The minimum atomic E-state index is 0.373. The molecule has 8 saturated heterocycles. The van der Waals surface area contributed by atoms with E-state index in [4.69, 9.17) is 37.9 Å². The zero-order valence-electron chi connectivity index (χ0n) is 81.0. The van der Waals surface area contributed by atoms with Gasteiger partial charge in [0.1, 0.15) is 0 Å². The van der Waals surface area contributed by atoms with Crippen molar-refractivity contribution in [3.63, 3.8) is 0 Å². The molecule has 8 rings (SSSR count). The fourth-order valence-corrected chi connectivity index (χ4v) is 16.3. The molecule has 8 heterocycles. The van der Waals surface area contributed by atoms with Gasteiger partial charge in [-0.25, -0.2) is 0 Å². The highest BCUT2D eigenvalue weighted by molar-refractivity contribution is 4.78. The van der Waals surface area contributed by atoms with Crippen LogP contribution >= 0.6 is 0 Å². The molecule has 0 aromatic carbocycles. The SMILES string of the molecule is CC(C)OCCCN1CCCCC1C.CC(C)OCCCN1CCCC[C@@H]1C.CC(C)OCCCN1CCCC[C@H]1C.CC(C)OCCCN1CCC[C@@H](C)C1.CC(C)OCCCN1CCC[C@H](C)C1.CC(C)OCCCN1CCN(C(C)C)CC1.CC(C)OCCCN1CCN(C)CC1.CC1CCCN(CCCOC(C)C)C1. The van der Waals surface area contributed by atoms with Gasteiger partial charge in [0.2, 0.25) is 0 Å². The summed E-state index contributed by atoms with van der Waals surface area (Å²) in [5, 5.41) is 0. The molecule has 0 aromatic heterocycles. The van der Waals surface area contributed by atoms with Crippen LogP contribution in [0.3, 0.4) is 0 Å². The lowest BCUT2D eigenvalue weighted by Gasteiger charge is -2.36. The number of hydrogen-bond acceptors (Lipinski definition) is 18. The van der Waals surface area contributed by atoms with Gasteiger partial charge in [0.15, 0.2) is 0 Å². The monoisotopic (exact) mass is 1620 g/mol. The van der Waals surface area contributed by atoms with E-state index in [1.807, 2.05) is 0 Å². The molecule has 8 fully saturated rings. The topological polar surface area (TPSA) is 106 Å². The van der Waals surface area contributed by atoms with Crippen molar-refractivity contribution in [3.8, 4) is 0 Å². The van der Waals surface area contributed by atoms with E-state index in [0.717, 1.165) is 88.7 Å². The van der Waals surface area contributed by atoms with Crippen LogP contribution in [0.15, 0.2) is 0 Å². The van der Waals surface area contributed by atoms with Gasteiger partial charge in [-0.3, -0.25) is 4.90 Å². The third kappa shape index (κ3) is 66.9. The molecule has 114 heavy (non-hydrogen) atoms. The highest BCUT2D eigenvalue weighted by Gasteiger charge is 2.23. The van der Waals surface area contributed by atoms with Crippen molar-refractivity contribution in [3.05, 3.63) is 0 Å². The van der Waals surface area contributed by atoms with E-state index < -0.39 is 0 Å². The second-order valence-corrected chi connectivity index (χ2v) is 38.1. The molecule has 0 bridgehead atoms. The maximum absolute atomic E-state index is 5.56. The van der Waals surface area contributed by atoms with Gasteiger partial charge in [0.05, 0.1) is 48.8 Å². The second kappa shape index (κ2) is 72.7. The minimum Gasteiger partial charge on any atom is -0.379 e. The zero-order valence-corrected chi connectivity index (χ0v) is 81.0. The van der Waals surface area contributed by atoms with E-state index in [2.05, 4.69) is 222 Å². The Morgan fingerprint density at radius 3 is 0.658 bits per heavy atom. The lowest BCUT2D eigenvalue weighted by Crippen LogP contribution is -2.49. The van der Waals surface area contributed by atoms with Crippen LogP contribution in [-0.4, -0.2) is 346 Å². The van der Waals surface area contributed by atoms with Gasteiger partial charge in [0, 0.05) is 201 Å². The average Bonchev–Trinajstić information content (AvgIpc) is 0.901. The highest BCUT2D eigenvalue weighted by atomic mass is 16.5. The van der Waals surface area contributed by atoms with E-state index in [1.165, 1.54) is 311 Å². The van der Waals surface area contributed by atoms with Crippen molar-refractivity contribution in [1.82, 2.24) is 49.0 Å². The maximum Gasteiger partial charge on any atom is 0.0518 e. The van der Waals surface area contributed by atoms with E-state index in [1.54, 1.807) is 0 Å². The maximum atomic E-state index is 5.56. The van der Waals surface area contributed by atoms with Crippen LogP contribution in [0.25, 0.3) is 0 Å². The van der Waals surface area contributed by atoms with Crippen LogP contribution in [0, 0.1) is 17.8 Å². The number of ether oxygens (including phenoxy) is 8. The first-order valence-corrected chi connectivity index (χ1v) is 48.6. The molecule has 684 valence electrons. The largest absolute Gasteiger partial charge is 0.379 e. The molecular weight excluding hydrogens is 1420 g/mol. The van der Waals surface area contributed by atoms with Crippen LogP contribution in [-0.2, 0) is 37.9 Å². The fraction of sp³-hybridized carbons (Fsp3) is 1.00. The van der Waals surface area contributed by atoms with Gasteiger partial charge in [-0.05, 0) is 338 Å². The molecule has 6 atom stereocenters. The summed E-state index contributed by atoms with van der Waals surface area (Å²) in [6.07, 6.45) is 33.4. The molecule has 0 saturated carbocycles. The molecule has 0 N–H and O–H groups in total. The minimum absolute atomic E-state index is 0.373. The molecule has 0 aliphatic carbocycles. The van der Waals surface area contributed by atoms with Gasteiger partial charge in [0.25, 0.3) is 0 Å². The Labute approximate surface area is 711 Å². The Balaban J connectivity index is 0.000000652. The Kier molecular flexibility index (Phi) is 71.0. The normalized spacial score (nSPS) is 23.3. The lowest BCUT2D eigenvalue weighted by molar-refractivity contribution is 0.0604. The summed E-state index contributed by atoms with van der Waals surface area (Å²) in [4.78, 5) is 25.6. The molecule has 0 spiro atoms. The van der Waals surface area contributed by atoms with E-state index in [9.17, 15) is 0 Å². The van der Waals surface area contributed by atoms with Crippen molar-refractivity contribution in [2.75, 3.05) is 224 Å². The van der Waals surface area contributed by atoms with Gasteiger partial charge in [-0.1, -0.05) is 40.0 Å². The van der Waals surface area contributed by atoms with Crippen molar-refractivity contribution in [1.29, 1.82) is 0 Å². The average molecular weight is 1620 g/mol. The number of piperazine rings is 2. The summed E-state index contributed by atoms with van der Waals surface area (Å²) in [6.45, 7) is 90.7. The Morgan fingerprint density at radius 1 is 0.228 bits per heavy atom. The van der Waals surface area contributed by atoms with E-state index in [-0.39, 0.29) is 0 Å². The van der Waals surface area contributed by atoms with Crippen molar-refractivity contribution in [2.45, 2.75) is 387 Å². The predicted octanol–water partition coefficient (Wildman–Crippen LogP) is 18.5. The number of nitrogens with zero attached hydrogens (tertiary/aromatic N) is 10. The van der Waals surface area contributed by atoms with Crippen LogP contribution in [0.4, 0.5) is 0 Å². The molecular formula is C96H202N10O8. The number of likely N-dealkylation sites (tertiary alicyclic amines) is 6. The molecule has 0 amide bonds.